The highest BCUT2D eigenvalue weighted by Gasteiger charge is 2.51. The fourth-order valence-corrected chi connectivity index (χ4v) is 13.0. The zero-order valence-electron chi connectivity index (χ0n) is 33.3. The molecule has 0 atom stereocenters. The van der Waals surface area contributed by atoms with Crippen LogP contribution in [0.1, 0.15) is 113 Å². The van der Waals surface area contributed by atoms with Crippen LogP contribution < -0.4 is 4.90 Å². The lowest BCUT2D eigenvalue weighted by Crippen LogP contribution is -2.48. The summed E-state index contributed by atoms with van der Waals surface area (Å²) in [6.45, 7) is 4.87. The Morgan fingerprint density at radius 2 is 1.07 bits per heavy atom. The van der Waals surface area contributed by atoms with E-state index < -0.39 is 0 Å². The average Bonchev–Trinajstić information content (AvgIpc) is 3.47. The van der Waals surface area contributed by atoms with Gasteiger partial charge >= 0.3 is 0 Å². The molecule has 0 N–H and O–H groups in total. The van der Waals surface area contributed by atoms with Crippen LogP contribution in [0.15, 0.2) is 140 Å². The Hall–Kier alpha value is -4.88. The normalized spacial score (nSPS) is 24.5. The number of benzene rings is 6. The number of fused-ring (bicyclic) bond motifs is 3. The van der Waals surface area contributed by atoms with E-state index in [0.29, 0.717) is 11.3 Å². The molecule has 280 valence electrons. The molecule has 0 saturated heterocycles. The molecule has 0 amide bonds. The maximum atomic E-state index is 2.59. The van der Waals surface area contributed by atoms with Gasteiger partial charge < -0.3 is 4.90 Å². The summed E-state index contributed by atoms with van der Waals surface area (Å²) in [5.74, 6) is 3.50. The summed E-state index contributed by atoms with van der Waals surface area (Å²) in [6.07, 6.45) is 15.4. The third-order valence-corrected chi connectivity index (χ3v) is 15.2. The molecule has 0 heterocycles. The highest BCUT2D eigenvalue weighted by molar-refractivity contribution is 5.97. The molecular weight excluding hydrogens is 675 g/mol. The summed E-state index contributed by atoms with van der Waals surface area (Å²) in [6, 6.07) is 53.9. The molecule has 0 radical (unpaired) electrons. The van der Waals surface area contributed by atoms with Gasteiger partial charge in [0.25, 0.3) is 0 Å². The lowest BCUT2D eigenvalue weighted by atomic mass is 9.48. The van der Waals surface area contributed by atoms with Gasteiger partial charge in [-0.05, 0) is 161 Å². The lowest BCUT2D eigenvalue weighted by Gasteiger charge is -2.57. The second kappa shape index (κ2) is 13.4. The van der Waals surface area contributed by atoms with Crippen molar-refractivity contribution in [3.8, 4) is 33.4 Å². The van der Waals surface area contributed by atoms with Gasteiger partial charge in [0.05, 0.1) is 5.69 Å². The topological polar surface area (TPSA) is 3.24 Å². The second-order valence-electron chi connectivity index (χ2n) is 19.0. The van der Waals surface area contributed by atoms with Crippen LogP contribution in [0.4, 0.5) is 17.1 Å². The SMILES string of the molecule is CC1(C)c2ccccc2-c2ccc(N(c3ccc(C4CCCCC4)cc3)c3ccc(C45CC6CC(CC(C6)C4)C5)cc3)c(-c3ccc(-c4ccccc4)cc3)c21. The van der Waals surface area contributed by atoms with Gasteiger partial charge in [0.2, 0.25) is 0 Å². The van der Waals surface area contributed by atoms with E-state index in [2.05, 4.69) is 158 Å². The van der Waals surface area contributed by atoms with Gasteiger partial charge in [0, 0.05) is 22.4 Å². The molecule has 12 rings (SSSR count). The van der Waals surface area contributed by atoms with Crippen LogP contribution >= 0.6 is 0 Å². The van der Waals surface area contributed by atoms with Crippen LogP contribution in [0, 0.1) is 17.8 Å². The lowest BCUT2D eigenvalue weighted by molar-refractivity contribution is -0.00518. The summed E-state index contributed by atoms with van der Waals surface area (Å²) in [5.41, 5.74) is 17.8. The molecule has 0 unspecified atom stereocenters. The van der Waals surface area contributed by atoms with Crippen molar-refractivity contribution >= 4 is 17.1 Å². The van der Waals surface area contributed by atoms with Crippen molar-refractivity contribution in [3.63, 3.8) is 0 Å². The van der Waals surface area contributed by atoms with Crippen molar-refractivity contribution < 1.29 is 0 Å². The first-order valence-electron chi connectivity index (χ1n) is 21.9. The van der Waals surface area contributed by atoms with E-state index in [1.54, 1.807) is 5.56 Å². The third kappa shape index (κ3) is 5.63. The molecule has 0 spiro atoms. The van der Waals surface area contributed by atoms with E-state index in [1.807, 2.05) is 0 Å². The minimum absolute atomic E-state index is 0.158. The largest absolute Gasteiger partial charge is 0.310 e. The zero-order chi connectivity index (χ0) is 37.4. The second-order valence-corrected chi connectivity index (χ2v) is 19.0. The van der Waals surface area contributed by atoms with E-state index in [4.69, 9.17) is 0 Å². The van der Waals surface area contributed by atoms with Crippen LogP contribution in [-0.4, -0.2) is 0 Å². The molecule has 1 nitrogen and oxygen atoms in total. The number of rotatable bonds is 7. The summed E-state index contributed by atoms with van der Waals surface area (Å²) in [5, 5.41) is 0. The van der Waals surface area contributed by atoms with E-state index in [9.17, 15) is 0 Å². The molecule has 4 bridgehead atoms. The van der Waals surface area contributed by atoms with Crippen LogP contribution in [0.2, 0.25) is 0 Å². The fraction of sp³-hybridized carbons (Fsp3) is 0.345. The Labute approximate surface area is 334 Å². The van der Waals surface area contributed by atoms with Gasteiger partial charge in [-0.2, -0.15) is 0 Å². The summed E-state index contributed by atoms with van der Waals surface area (Å²) in [7, 11) is 0. The number of anilines is 3. The monoisotopic (exact) mass is 729 g/mol. The molecule has 56 heavy (non-hydrogen) atoms. The van der Waals surface area contributed by atoms with E-state index in [-0.39, 0.29) is 5.41 Å². The smallest absolute Gasteiger partial charge is 0.0543 e. The minimum Gasteiger partial charge on any atom is -0.310 e. The maximum Gasteiger partial charge on any atom is 0.0543 e. The molecule has 5 fully saturated rings. The van der Waals surface area contributed by atoms with Crippen LogP contribution in [0.5, 0.6) is 0 Å². The van der Waals surface area contributed by atoms with Crippen LogP contribution in [0.3, 0.4) is 0 Å². The molecule has 6 aliphatic rings. The molecule has 1 heteroatoms. The van der Waals surface area contributed by atoms with E-state index >= 15 is 0 Å². The van der Waals surface area contributed by atoms with Crippen molar-refractivity contribution in [1.29, 1.82) is 0 Å². The molecule has 5 saturated carbocycles. The molecule has 0 aliphatic heterocycles. The van der Waals surface area contributed by atoms with Crippen molar-refractivity contribution in [2.45, 2.75) is 101 Å². The quantitative estimate of drug-likeness (QED) is 0.158. The summed E-state index contributed by atoms with van der Waals surface area (Å²) >= 11 is 0. The van der Waals surface area contributed by atoms with Gasteiger partial charge in [-0.1, -0.05) is 142 Å². The number of hydrogen-bond acceptors (Lipinski definition) is 1. The third-order valence-electron chi connectivity index (χ3n) is 15.2. The first kappa shape index (κ1) is 34.4. The zero-order valence-corrected chi connectivity index (χ0v) is 33.3. The summed E-state index contributed by atoms with van der Waals surface area (Å²) < 4.78 is 0. The average molecular weight is 730 g/mol. The van der Waals surface area contributed by atoms with Crippen molar-refractivity contribution in [2.75, 3.05) is 4.90 Å². The van der Waals surface area contributed by atoms with Crippen LogP contribution in [-0.2, 0) is 10.8 Å². The van der Waals surface area contributed by atoms with Crippen molar-refractivity contribution in [1.82, 2.24) is 0 Å². The molecule has 6 aliphatic carbocycles. The Balaban J connectivity index is 1.08. The maximum absolute atomic E-state index is 2.59. The van der Waals surface area contributed by atoms with Crippen molar-refractivity contribution in [3.05, 3.63) is 162 Å². The van der Waals surface area contributed by atoms with Gasteiger partial charge in [-0.3, -0.25) is 0 Å². The first-order valence-corrected chi connectivity index (χ1v) is 21.9. The van der Waals surface area contributed by atoms with E-state index in [0.717, 1.165) is 17.8 Å². The fourth-order valence-electron chi connectivity index (χ4n) is 13.0. The van der Waals surface area contributed by atoms with Gasteiger partial charge in [-0.15, -0.1) is 0 Å². The standard InChI is InChI=1S/C55H55N/c1-54(2)50-16-10-9-15-48(50)49-29-30-51(52(53(49)54)44-19-17-42(18-20-44)40-11-5-3-6-12-40)56(46-25-21-43(22-26-46)41-13-7-4-8-14-41)47-27-23-45(24-28-47)55-34-37-31-38(35-55)33-39(32-37)36-55/h3,5-6,9-12,15-30,37-39,41H,4,7-8,13-14,31-36H2,1-2H3. The molecule has 0 aromatic heterocycles. The Bertz CT molecular complexity index is 2340. The Kier molecular flexibility index (Phi) is 8.20. The van der Waals surface area contributed by atoms with Crippen LogP contribution in [0.25, 0.3) is 33.4 Å². The predicted molar refractivity (Wildman–Crippen MR) is 235 cm³/mol. The number of hydrogen-bond donors (Lipinski definition) is 0. The van der Waals surface area contributed by atoms with E-state index in [1.165, 1.54) is 138 Å². The highest BCUT2D eigenvalue weighted by Crippen LogP contribution is 2.61. The minimum atomic E-state index is -0.158. The highest BCUT2D eigenvalue weighted by atomic mass is 15.1. The Morgan fingerprint density at radius 1 is 0.500 bits per heavy atom. The number of nitrogens with zero attached hydrogens (tertiary/aromatic N) is 1. The van der Waals surface area contributed by atoms with Gasteiger partial charge in [-0.25, -0.2) is 0 Å². The van der Waals surface area contributed by atoms with Gasteiger partial charge in [0.15, 0.2) is 0 Å². The van der Waals surface area contributed by atoms with Gasteiger partial charge in [0.1, 0.15) is 0 Å². The molecule has 6 aromatic rings. The van der Waals surface area contributed by atoms with Crippen molar-refractivity contribution in [2.24, 2.45) is 17.8 Å². The Morgan fingerprint density at radius 3 is 1.73 bits per heavy atom. The first-order chi connectivity index (χ1) is 27.4. The molecule has 6 aromatic carbocycles. The summed E-state index contributed by atoms with van der Waals surface area (Å²) in [4.78, 5) is 2.59. The molecular formula is C55H55N. The predicted octanol–water partition coefficient (Wildman–Crippen LogP) is 15.3.